The van der Waals surface area contributed by atoms with Crippen LogP contribution in [0.1, 0.15) is 12.8 Å². The highest BCUT2D eigenvalue weighted by atomic mass is 79.9. The van der Waals surface area contributed by atoms with Crippen molar-refractivity contribution in [3.63, 3.8) is 0 Å². The van der Waals surface area contributed by atoms with E-state index in [1.165, 1.54) is 6.20 Å². The zero-order valence-corrected chi connectivity index (χ0v) is 16.4. The maximum absolute atomic E-state index is 13.4. The summed E-state index contributed by atoms with van der Waals surface area (Å²) in [5, 5.41) is 2.67. The number of piperidine rings is 1. The maximum Gasteiger partial charge on any atom is 0.243 e. The van der Waals surface area contributed by atoms with E-state index >= 15 is 0 Å². The number of amides is 1. The van der Waals surface area contributed by atoms with E-state index in [1.54, 1.807) is 12.1 Å². The first-order chi connectivity index (χ1) is 12.8. The normalized spacial score (nSPS) is 18.3. The summed E-state index contributed by atoms with van der Waals surface area (Å²) < 4.78 is 53.8. The number of benzene rings is 1. The minimum Gasteiger partial charge on any atom is -0.310 e. The molecule has 1 N–H and O–H groups in total. The van der Waals surface area contributed by atoms with Crippen LogP contribution in [0.3, 0.4) is 0 Å². The number of aromatic nitrogens is 1. The quantitative estimate of drug-likeness (QED) is 0.761. The van der Waals surface area contributed by atoms with Crippen LogP contribution in [0, 0.1) is 17.6 Å². The second-order valence-electron chi connectivity index (χ2n) is 6.13. The molecule has 2 aromatic rings. The van der Waals surface area contributed by atoms with Crippen molar-refractivity contribution in [2.45, 2.75) is 17.7 Å². The summed E-state index contributed by atoms with van der Waals surface area (Å²) in [6, 6.07) is 5.79. The molecule has 0 saturated carbocycles. The van der Waals surface area contributed by atoms with Crippen molar-refractivity contribution in [3.8, 4) is 0 Å². The van der Waals surface area contributed by atoms with Crippen LogP contribution < -0.4 is 5.32 Å². The second kappa shape index (κ2) is 7.99. The summed E-state index contributed by atoms with van der Waals surface area (Å²) in [5.74, 6) is -2.89. The van der Waals surface area contributed by atoms with Crippen molar-refractivity contribution in [1.82, 2.24) is 9.29 Å². The number of rotatable bonds is 4. The average Bonchev–Trinajstić information content (AvgIpc) is 2.66. The summed E-state index contributed by atoms with van der Waals surface area (Å²) in [6.45, 7) is 0.172. The molecule has 1 aliphatic rings. The van der Waals surface area contributed by atoms with Gasteiger partial charge in [0, 0.05) is 23.8 Å². The molecule has 0 aliphatic carbocycles. The highest BCUT2D eigenvalue weighted by molar-refractivity contribution is 9.10. The zero-order valence-electron chi connectivity index (χ0n) is 14.0. The Morgan fingerprint density at radius 1 is 1.22 bits per heavy atom. The van der Waals surface area contributed by atoms with Gasteiger partial charge in [-0.25, -0.2) is 22.2 Å². The molecule has 144 valence electrons. The molecule has 1 aromatic heterocycles. The first-order valence-electron chi connectivity index (χ1n) is 8.15. The summed E-state index contributed by atoms with van der Waals surface area (Å²) in [7, 11) is -4.02. The van der Waals surface area contributed by atoms with Crippen LogP contribution in [-0.2, 0) is 14.8 Å². The topological polar surface area (TPSA) is 79.4 Å². The predicted molar refractivity (Wildman–Crippen MR) is 98.4 cm³/mol. The molecule has 2 heterocycles. The van der Waals surface area contributed by atoms with E-state index in [0.29, 0.717) is 24.7 Å². The lowest BCUT2D eigenvalue weighted by Crippen LogP contribution is -2.43. The highest BCUT2D eigenvalue weighted by Gasteiger charge is 2.33. The molecule has 6 nitrogen and oxygen atoms in total. The molecule has 1 aliphatic heterocycles. The van der Waals surface area contributed by atoms with Gasteiger partial charge < -0.3 is 5.32 Å². The van der Waals surface area contributed by atoms with Gasteiger partial charge in [0.1, 0.15) is 5.82 Å². The van der Waals surface area contributed by atoms with E-state index in [1.807, 2.05) is 0 Å². The molecule has 1 aromatic carbocycles. The lowest BCUT2D eigenvalue weighted by molar-refractivity contribution is -0.120. The van der Waals surface area contributed by atoms with E-state index in [0.717, 1.165) is 20.9 Å². The molecular formula is C17H16BrF2N3O3S. The lowest BCUT2D eigenvalue weighted by atomic mass is 9.99. The zero-order chi connectivity index (χ0) is 19.6. The number of hydrogen-bond donors (Lipinski definition) is 1. The summed E-state index contributed by atoms with van der Waals surface area (Å²) >= 11 is 3.25. The Balaban J connectivity index is 1.73. The van der Waals surface area contributed by atoms with Crippen molar-refractivity contribution in [2.24, 2.45) is 5.92 Å². The molecule has 1 amide bonds. The number of nitrogens with one attached hydrogen (secondary N) is 1. The summed E-state index contributed by atoms with van der Waals surface area (Å²) in [4.78, 5) is 16.2. The Hall–Kier alpha value is -1.91. The number of nitrogens with zero attached hydrogens (tertiary/aromatic N) is 2. The lowest BCUT2D eigenvalue weighted by Gasteiger charge is -2.31. The van der Waals surface area contributed by atoms with E-state index in [4.69, 9.17) is 0 Å². The first kappa shape index (κ1) is 19.8. The van der Waals surface area contributed by atoms with Gasteiger partial charge in [-0.05, 0) is 59.1 Å². The SMILES string of the molecule is O=C(Nc1ccc(Br)cn1)C1CCCN(S(=O)(=O)c2ccc(F)c(F)c2)C1. The molecular weight excluding hydrogens is 444 g/mol. The van der Waals surface area contributed by atoms with Gasteiger partial charge >= 0.3 is 0 Å². The van der Waals surface area contributed by atoms with Crippen molar-refractivity contribution in [3.05, 3.63) is 52.6 Å². The van der Waals surface area contributed by atoms with Gasteiger partial charge in [0.05, 0.1) is 10.8 Å². The Bertz CT molecular complexity index is 954. The van der Waals surface area contributed by atoms with Crippen molar-refractivity contribution in [1.29, 1.82) is 0 Å². The van der Waals surface area contributed by atoms with E-state index < -0.39 is 27.6 Å². The van der Waals surface area contributed by atoms with E-state index in [9.17, 15) is 22.0 Å². The van der Waals surface area contributed by atoms with Gasteiger partial charge in [-0.2, -0.15) is 4.31 Å². The Morgan fingerprint density at radius 2 is 2.00 bits per heavy atom. The Kier molecular flexibility index (Phi) is 5.87. The number of carbonyl (C=O) groups excluding carboxylic acids is 1. The highest BCUT2D eigenvalue weighted by Crippen LogP contribution is 2.25. The fourth-order valence-corrected chi connectivity index (χ4v) is 4.61. The summed E-state index contributed by atoms with van der Waals surface area (Å²) in [5.41, 5.74) is 0. The minimum absolute atomic E-state index is 0.0380. The molecule has 3 rings (SSSR count). The number of hydrogen-bond acceptors (Lipinski definition) is 4. The van der Waals surface area contributed by atoms with Crippen molar-refractivity contribution < 1.29 is 22.0 Å². The number of pyridine rings is 1. The standard InChI is InChI=1S/C17H16BrF2N3O3S/c18-12-3-6-16(21-9-12)22-17(24)11-2-1-7-23(10-11)27(25,26)13-4-5-14(19)15(20)8-13/h3-6,8-9,11H,1-2,7,10H2,(H,21,22,24). The number of anilines is 1. The van der Waals surface area contributed by atoms with Crippen LogP contribution in [0.5, 0.6) is 0 Å². The molecule has 0 radical (unpaired) electrons. The number of carbonyl (C=O) groups is 1. The molecule has 1 fully saturated rings. The van der Waals surface area contributed by atoms with E-state index in [2.05, 4.69) is 26.2 Å². The predicted octanol–water partition coefficient (Wildman–Crippen LogP) is 3.16. The Labute approximate surface area is 163 Å². The van der Waals surface area contributed by atoms with Gasteiger partial charge in [-0.15, -0.1) is 0 Å². The molecule has 27 heavy (non-hydrogen) atoms. The smallest absolute Gasteiger partial charge is 0.243 e. The van der Waals surface area contributed by atoms with Crippen LogP contribution in [0.4, 0.5) is 14.6 Å². The van der Waals surface area contributed by atoms with E-state index in [-0.39, 0.29) is 23.9 Å². The molecule has 1 atom stereocenters. The van der Waals surface area contributed by atoms with Crippen molar-refractivity contribution in [2.75, 3.05) is 18.4 Å². The minimum atomic E-state index is -4.02. The third-order valence-electron chi connectivity index (χ3n) is 4.26. The second-order valence-corrected chi connectivity index (χ2v) is 8.98. The first-order valence-corrected chi connectivity index (χ1v) is 10.4. The van der Waals surface area contributed by atoms with Crippen molar-refractivity contribution >= 4 is 37.7 Å². The monoisotopic (exact) mass is 459 g/mol. The van der Waals surface area contributed by atoms with Crippen LogP contribution in [0.25, 0.3) is 0 Å². The number of halogens is 3. The third-order valence-corrected chi connectivity index (χ3v) is 6.59. The molecule has 1 saturated heterocycles. The van der Waals surface area contributed by atoms with Gasteiger partial charge in [0.2, 0.25) is 15.9 Å². The van der Waals surface area contributed by atoms with Crippen LogP contribution in [0.2, 0.25) is 0 Å². The molecule has 10 heteroatoms. The average molecular weight is 460 g/mol. The van der Waals surface area contributed by atoms with Gasteiger partial charge in [0.15, 0.2) is 11.6 Å². The molecule has 0 bridgehead atoms. The van der Waals surface area contributed by atoms with Gasteiger partial charge in [-0.3, -0.25) is 4.79 Å². The van der Waals surface area contributed by atoms with Gasteiger partial charge in [0.25, 0.3) is 0 Å². The molecule has 0 spiro atoms. The van der Waals surface area contributed by atoms with Crippen LogP contribution in [-0.4, -0.2) is 36.7 Å². The third kappa shape index (κ3) is 4.50. The Morgan fingerprint density at radius 3 is 2.67 bits per heavy atom. The number of sulfonamides is 1. The largest absolute Gasteiger partial charge is 0.310 e. The maximum atomic E-state index is 13.4. The van der Waals surface area contributed by atoms with Crippen LogP contribution in [0.15, 0.2) is 45.9 Å². The molecule has 1 unspecified atom stereocenters. The fourth-order valence-electron chi connectivity index (χ4n) is 2.84. The fraction of sp³-hybridized carbons (Fsp3) is 0.294. The summed E-state index contributed by atoms with van der Waals surface area (Å²) in [6.07, 6.45) is 2.54. The van der Waals surface area contributed by atoms with Crippen LogP contribution >= 0.6 is 15.9 Å². The van der Waals surface area contributed by atoms with Gasteiger partial charge in [-0.1, -0.05) is 0 Å².